The molecule has 5 heteroatoms. The fraction of sp³-hybridized carbons (Fsp3) is 0.0588. The highest BCUT2D eigenvalue weighted by Gasteiger charge is 2.12. The topological polar surface area (TPSA) is 39.2 Å². The third-order valence-corrected chi connectivity index (χ3v) is 4.34. The first-order valence-electron chi connectivity index (χ1n) is 6.52. The van der Waals surface area contributed by atoms with Crippen molar-refractivity contribution in [2.45, 2.75) is 0 Å². The Morgan fingerprint density at radius 1 is 1.23 bits per heavy atom. The molecule has 110 valence electrons. The van der Waals surface area contributed by atoms with Gasteiger partial charge in [0.1, 0.15) is 10.8 Å². The molecule has 0 radical (unpaired) electrons. The number of ether oxygens (including phenoxy) is 1. The summed E-state index contributed by atoms with van der Waals surface area (Å²) in [6.45, 7) is 4.04. The summed E-state index contributed by atoms with van der Waals surface area (Å²) in [5, 5.41) is 0.697. The maximum atomic E-state index is 13.2. The van der Waals surface area contributed by atoms with Crippen LogP contribution < -0.4 is 0 Å². The molecule has 22 heavy (non-hydrogen) atoms. The molecule has 3 rings (SSSR count). The first-order valence-corrected chi connectivity index (χ1v) is 7.34. The number of fused-ring (bicyclic) bond motifs is 1. The molecule has 0 atom stereocenters. The van der Waals surface area contributed by atoms with Crippen molar-refractivity contribution in [3.63, 3.8) is 0 Å². The molecule has 0 saturated heterocycles. The van der Waals surface area contributed by atoms with Crippen molar-refractivity contribution in [2.24, 2.45) is 0 Å². The number of methoxy groups -OCH3 is 1. The van der Waals surface area contributed by atoms with E-state index in [0.29, 0.717) is 21.7 Å². The van der Waals surface area contributed by atoms with Gasteiger partial charge < -0.3 is 4.74 Å². The van der Waals surface area contributed by atoms with Gasteiger partial charge in [-0.3, -0.25) is 0 Å². The van der Waals surface area contributed by atoms with Crippen molar-refractivity contribution in [1.29, 1.82) is 0 Å². The zero-order chi connectivity index (χ0) is 15.7. The van der Waals surface area contributed by atoms with Crippen LogP contribution in [-0.2, 0) is 4.74 Å². The second kappa shape index (κ2) is 5.69. The van der Waals surface area contributed by atoms with Gasteiger partial charge in [-0.1, -0.05) is 18.7 Å². The van der Waals surface area contributed by atoms with Crippen LogP contribution in [0.15, 0.2) is 49.0 Å². The Balaban J connectivity index is 2.00. The summed E-state index contributed by atoms with van der Waals surface area (Å²) in [4.78, 5) is 16.0. The van der Waals surface area contributed by atoms with Crippen LogP contribution in [0.3, 0.4) is 0 Å². The van der Waals surface area contributed by atoms with E-state index in [4.69, 9.17) is 4.74 Å². The molecule has 3 nitrogen and oxygen atoms in total. The van der Waals surface area contributed by atoms with Gasteiger partial charge in [-0.05, 0) is 29.8 Å². The molecule has 0 aliphatic heterocycles. The smallest absolute Gasteiger partial charge is 0.337 e. The third kappa shape index (κ3) is 2.63. The molecular weight excluding hydrogens is 301 g/mol. The largest absolute Gasteiger partial charge is 0.465 e. The van der Waals surface area contributed by atoms with Crippen molar-refractivity contribution in [3.8, 4) is 0 Å². The predicted octanol–water partition coefficient (Wildman–Crippen LogP) is 4.28. The highest BCUT2D eigenvalue weighted by molar-refractivity contribution is 7.19. The summed E-state index contributed by atoms with van der Waals surface area (Å²) in [7, 11) is 1.34. The highest BCUT2D eigenvalue weighted by Crippen LogP contribution is 2.30. The molecule has 1 aromatic heterocycles. The number of benzene rings is 2. The molecule has 0 aliphatic rings. The number of esters is 1. The zero-order valence-corrected chi connectivity index (χ0v) is 12.6. The van der Waals surface area contributed by atoms with Crippen molar-refractivity contribution in [2.75, 3.05) is 7.11 Å². The molecule has 0 N–H and O–H groups in total. The van der Waals surface area contributed by atoms with E-state index in [1.54, 1.807) is 24.3 Å². The number of hydrogen-bond donors (Lipinski definition) is 0. The maximum absolute atomic E-state index is 13.2. The van der Waals surface area contributed by atoms with Crippen LogP contribution in [0, 0.1) is 5.82 Å². The van der Waals surface area contributed by atoms with Crippen molar-refractivity contribution in [3.05, 3.63) is 71.0 Å². The van der Waals surface area contributed by atoms with Gasteiger partial charge in [0.25, 0.3) is 0 Å². The summed E-state index contributed by atoms with van der Waals surface area (Å²) in [5.74, 6) is -0.719. The summed E-state index contributed by atoms with van der Waals surface area (Å²) in [5.41, 5.74) is 2.52. The molecule has 0 amide bonds. The Labute approximate surface area is 130 Å². The van der Waals surface area contributed by atoms with Crippen LogP contribution in [-0.4, -0.2) is 18.1 Å². The molecule has 0 fully saturated rings. The Morgan fingerprint density at radius 3 is 2.77 bits per heavy atom. The molecule has 1 heterocycles. The van der Waals surface area contributed by atoms with E-state index in [1.807, 2.05) is 6.07 Å². The number of nitrogens with zero attached hydrogens (tertiary/aromatic N) is 1. The predicted molar refractivity (Wildman–Crippen MR) is 85.5 cm³/mol. The second-order valence-electron chi connectivity index (χ2n) is 4.68. The zero-order valence-electron chi connectivity index (χ0n) is 11.8. The Hall–Kier alpha value is -2.53. The van der Waals surface area contributed by atoms with E-state index in [2.05, 4.69) is 11.6 Å². The van der Waals surface area contributed by atoms with Crippen LogP contribution in [0.5, 0.6) is 0 Å². The monoisotopic (exact) mass is 313 g/mol. The van der Waals surface area contributed by atoms with Gasteiger partial charge in [0, 0.05) is 11.6 Å². The van der Waals surface area contributed by atoms with E-state index in [-0.39, 0.29) is 5.82 Å². The molecule has 0 saturated carbocycles. The second-order valence-corrected chi connectivity index (χ2v) is 5.71. The van der Waals surface area contributed by atoms with Gasteiger partial charge in [0.2, 0.25) is 0 Å². The first-order chi connectivity index (χ1) is 10.6. The Kier molecular flexibility index (Phi) is 3.73. The number of carbonyl (C=O) groups excluding carboxylic acids is 1. The van der Waals surface area contributed by atoms with Crippen LogP contribution in [0.25, 0.3) is 15.8 Å². The first kappa shape index (κ1) is 14.4. The number of halogens is 1. The summed E-state index contributed by atoms with van der Waals surface area (Å²) < 4.78 is 18.8. The van der Waals surface area contributed by atoms with Crippen LogP contribution in [0.4, 0.5) is 4.39 Å². The highest BCUT2D eigenvalue weighted by atomic mass is 32.1. The van der Waals surface area contributed by atoms with Crippen molar-refractivity contribution >= 4 is 33.1 Å². The maximum Gasteiger partial charge on any atom is 0.337 e. The minimum absolute atomic E-state index is 0.317. The lowest BCUT2D eigenvalue weighted by molar-refractivity contribution is 0.0600. The quantitative estimate of drug-likeness (QED) is 0.677. The Morgan fingerprint density at radius 2 is 2.00 bits per heavy atom. The number of rotatable bonds is 3. The minimum Gasteiger partial charge on any atom is -0.465 e. The lowest BCUT2D eigenvalue weighted by atomic mass is 10.1. The lowest BCUT2D eigenvalue weighted by Gasteiger charge is -2.04. The molecule has 0 unspecified atom stereocenters. The number of aromatic nitrogens is 1. The van der Waals surface area contributed by atoms with Crippen LogP contribution >= 0.6 is 11.3 Å². The average molecular weight is 313 g/mol. The fourth-order valence-corrected chi connectivity index (χ4v) is 3.04. The molecule has 2 aromatic carbocycles. The van der Waals surface area contributed by atoms with E-state index < -0.39 is 5.97 Å². The fourth-order valence-electron chi connectivity index (χ4n) is 2.10. The molecule has 0 spiro atoms. The van der Waals surface area contributed by atoms with E-state index in [0.717, 1.165) is 10.3 Å². The van der Waals surface area contributed by atoms with Gasteiger partial charge in [0.15, 0.2) is 0 Å². The standard InChI is InChI=1S/C17H12FNO2S/c1-10(11-4-3-5-12(8-11)17(20)21-2)16-19-14-9-13(18)6-7-15(14)22-16/h3-9H,1H2,2H3. The molecule has 3 aromatic rings. The van der Waals surface area contributed by atoms with Crippen molar-refractivity contribution in [1.82, 2.24) is 4.98 Å². The van der Waals surface area contributed by atoms with Gasteiger partial charge in [-0.15, -0.1) is 11.3 Å². The summed E-state index contributed by atoms with van der Waals surface area (Å²) >= 11 is 1.44. The average Bonchev–Trinajstić information content (AvgIpc) is 2.96. The van der Waals surface area contributed by atoms with E-state index in [1.165, 1.54) is 30.6 Å². The number of carbonyl (C=O) groups is 1. The van der Waals surface area contributed by atoms with Gasteiger partial charge in [-0.25, -0.2) is 14.2 Å². The van der Waals surface area contributed by atoms with E-state index in [9.17, 15) is 9.18 Å². The summed E-state index contributed by atoms with van der Waals surface area (Å²) in [6.07, 6.45) is 0. The normalized spacial score (nSPS) is 10.6. The number of thiazole rings is 1. The van der Waals surface area contributed by atoms with Gasteiger partial charge >= 0.3 is 5.97 Å². The molecule has 0 aliphatic carbocycles. The third-order valence-electron chi connectivity index (χ3n) is 3.24. The SMILES string of the molecule is C=C(c1cccc(C(=O)OC)c1)c1nc2cc(F)ccc2s1. The minimum atomic E-state index is -0.402. The van der Waals surface area contributed by atoms with Gasteiger partial charge in [0.05, 0.1) is 22.9 Å². The van der Waals surface area contributed by atoms with Crippen LogP contribution in [0.2, 0.25) is 0 Å². The lowest BCUT2D eigenvalue weighted by Crippen LogP contribution is -2.01. The van der Waals surface area contributed by atoms with Gasteiger partial charge in [-0.2, -0.15) is 0 Å². The number of hydrogen-bond acceptors (Lipinski definition) is 4. The van der Waals surface area contributed by atoms with Crippen molar-refractivity contribution < 1.29 is 13.9 Å². The van der Waals surface area contributed by atoms with E-state index >= 15 is 0 Å². The molecular formula is C17H12FNO2S. The Bertz CT molecular complexity index is 885. The molecule has 0 bridgehead atoms. The van der Waals surface area contributed by atoms with Crippen LogP contribution in [0.1, 0.15) is 20.9 Å². The summed E-state index contributed by atoms with van der Waals surface area (Å²) in [6, 6.07) is 11.5.